The summed E-state index contributed by atoms with van der Waals surface area (Å²) in [5, 5.41) is 12.9. The largest absolute Gasteiger partial charge is 0.456 e. The van der Waals surface area contributed by atoms with Crippen molar-refractivity contribution in [3.8, 4) is 0 Å². The van der Waals surface area contributed by atoms with Gasteiger partial charge >= 0.3 is 0 Å². The van der Waals surface area contributed by atoms with E-state index in [1.807, 2.05) is 65.1 Å². The Morgan fingerprint density at radius 2 is 0.612 bits per heavy atom. The van der Waals surface area contributed by atoms with Crippen LogP contribution in [0.3, 0.4) is 0 Å². The predicted octanol–water partition coefficient (Wildman–Crippen LogP) is 25.4. The van der Waals surface area contributed by atoms with Crippen molar-refractivity contribution in [2.45, 2.75) is 131 Å². The minimum Gasteiger partial charge on any atom is -0.456 e. The van der Waals surface area contributed by atoms with Crippen LogP contribution < -0.4 is 0 Å². The number of hydrogen-bond acceptors (Lipinski definition) is 5. The first-order valence-corrected chi connectivity index (χ1v) is 31.5. The molecule has 0 aliphatic heterocycles. The third kappa shape index (κ3) is 12.3. The molecular weight excluding hydrogens is 1070 g/mol. The first-order chi connectivity index (χ1) is 40.3. The van der Waals surface area contributed by atoms with Crippen molar-refractivity contribution in [3.05, 3.63) is 240 Å². The highest BCUT2D eigenvalue weighted by Gasteiger charge is 2.22. The van der Waals surface area contributed by atoms with Gasteiger partial charge in [0.2, 0.25) is 0 Å². The van der Waals surface area contributed by atoms with Gasteiger partial charge in [-0.25, -0.2) is 0 Å². The van der Waals surface area contributed by atoms with E-state index >= 15 is 0 Å². The van der Waals surface area contributed by atoms with Crippen molar-refractivity contribution in [3.63, 3.8) is 0 Å². The van der Waals surface area contributed by atoms with Crippen molar-refractivity contribution in [2.75, 3.05) is 0 Å². The van der Waals surface area contributed by atoms with Crippen LogP contribution in [0.15, 0.2) is 226 Å². The second kappa shape index (κ2) is 22.8. The molecule has 85 heavy (non-hydrogen) atoms. The number of furan rings is 3. The average molecular weight is 1150 g/mol. The zero-order chi connectivity index (χ0) is 60.2. The molecule has 0 radical (unpaired) electrons. The Morgan fingerprint density at radius 3 is 1.21 bits per heavy atom. The van der Waals surface area contributed by atoms with Crippen molar-refractivity contribution in [1.29, 1.82) is 0 Å². The molecule has 0 saturated carbocycles. The summed E-state index contributed by atoms with van der Waals surface area (Å²) in [4.78, 5) is 0. The van der Waals surface area contributed by atoms with E-state index < -0.39 is 0 Å². The molecule has 0 aliphatic carbocycles. The molecule has 5 aromatic heterocycles. The first kappa shape index (κ1) is 58.8. The minimum absolute atomic E-state index is 0.131. The molecule has 10 aromatic carbocycles. The van der Waals surface area contributed by atoms with E-state index in [1.54, 1.807) is 0 Å². The molecule has 0 unspecified atom stereocenters. The van der Waals surface area contributed by atoms with Crippen LogP contribution in [0.1, 0.15) is 132 Å². The lowest BCUT2D eigenvalue weighted by Gasteiger charge is -2.19. The van der Waals surface area contributed by atoms with Crippen molar-refractivity contribution < 1.29 is 13.3 Å². The topological polar surface area (TPSA) is 39.4 Å². The van der Waals surface area contributed by atoms with Crippen molar-refractivity contribution in [2.24, 2.45) is 0 Å². The van der Waals surface area contributed by atoms with Gasteiger partial charge in [-0.2, -0.15) is 0 Å². The molecule has 0 amide bonds. The Balaban J connectivity index is 0.000000111. The summed E-state index contributed by atoms with van der Waals surface area (Å²) in [7, 11) is 0. The van der Waals surface area contributed by atoms with E-state index in [4.69, 9.17) is 13.3 Å². The third-order valence-electron chi connectivity index (χ3n) is 16.2. The van der Waals surface area contributed by atoms with Gasteiger partial charge in [0.05, 0.1) is 0 Å². The average Bonchev–Trinajstić information content (AvgIpc) is 2.82. The smallest absolute Gasteiger partial charge is 0.135 e. The fourth-order valence-electron chi connectivity index (χ4n) is 11.3. The van der Waals surface area contributed by atoms with Crippen molar-refractivity contribution >= 4 is 129 Å². The zero-order valence-corrected chi connectivity index (χ0v) is 53.9. The fraction of sp³-hybridized carbons (Fsp3) is 0.250. The van der Waals surface area contributed by atoms with Gasteiger partial charge in [-0.3, -0.25) is 0 Å². The van der Waals surface area contributed by atoms with Gasteiger partial charge in [0.1, 0.15) is 33.5 Å². The van der Waals surface area contributed by atoms with Crippen LogP contribution in [0.5, 0.6) is 0 Å². The number of rotatable bonds is 0. The van der Waals surface area contributed by atoms with Gasteiger partial charge in [0.25, 0.3) is 0 Å². The zero-order valence-electron chi connectivity index (χ0n) is 52.2. The van der Waals surface area contributed by atoms with Gasteiger partial charge in [0, 0.05) is 72.7 Å². The highest BCUT2D eigenvalue weighted by atomic mass is 32.1. The Labute approximate surface area is 509 Å². The van der Waals surface area contributed by atoms with Crippen LogP contribution in [-0.4, -0.2) is 0 Å². The van der Waals surface area contributed by atoms with Crippen LogP contribution in [0, 0.1) is 0 Å². The molecule has 0 aliphatic rings. The second-order valence-electron chi connectivity index (χ2n) is 27.7. The molecule has 5 heteroatoms. The number of benzene rings is 10. The maximum absolute atomic E-state index is 5.89. The van der Waals surface area contributed by atoms with Crippen LogP contribution in [0.4, 0.5) is 0 Å². The van der Waals surface area contributed by atoms with Crippen LogP contribution in [0.25, 0.3) is 106 Å². The van der Waals surface area contributed by atoms with Gasteiger partial charge in [-0.1, -0.05) is 256 Å². The van der Waals surface area contributed by atoms with Crippen molar-refractivity contribution in [1.82, 2.24) is 0 Å². The lowest BCUT2D eigenvalue weighted by molar-refractivity contribution is 0.587. The van der Waals surface area contributed by atoms with E-state index in [2.05, 4.69) is 274 Å². The molecule has 5 heterocycles. The van der Waals surface area contributed by atoms with E-state index in [1.165, 1.54) is 100 Å². The lowest BCUT2D eigenvalue weighted by atomic mass is 9.84. The molecule has 3 nitrogen and oxygen atoms in total. The fourth-order valence-corrected chi connectivity index (χ4v) is 13.9. The summed E-state index contributed by atoms with van der Waals surface area (Å²) < 4.78 is 23.2. The third-order valence-corrected chi connectivity index (χ3v) is 18.5. The van der Waals surface area contributed by atoms with Gasteiger partial charge in [-0.05, 0) is 116 Å². The maximum Gasteiger partial charge on any atom is 0.135 e. The predicted molar refractivity (Wildman–Crippen MR) is 373 cm³/mol. The molecule has 430 valence electrons. The van der Waals surface area contributed by atoms with E-state index in [0.717, 1.165) is 33.5 Å². The summed E-state index contributed by atoms with van der Waals surface area (Å²) in [5.41, 5.74) is 13.6. The Kier molecular flexibility index (Phi) is 15.8. The van der Waals surface area contributed by atoms with E-state index in [9.17, 15) is 0 Å². The molecule has 15 rings (SSSR count). The van der Waals surface area contributed by atoms with Gasteiger partial charge in [0.15, 0.2) is 0 Å². The SMILES string of the molecule is CC(C)(C)c1ccc2c(c1)oc1ccccc12.CC(C)(C)c1ccc2c(c1)sc1ccccc12.CC(C)(C)c1ccc2oc3ccccc3c2c1.CC(C)(C)c1cccc2c1sc1ccccc12.CC(C)(C)c1cccc2oc3ccccc3c12. The van der Waals surface area contributed by atoms with Crippen LogP contribution in [0.2, 0.25) is 0 Å². The Hall–Kier alpha value is -7.96. The normalized spacial score (nSPS) is 12.4. The quantitative estimate of drug-likeness (QED) is 0.152. The lowest BCUT2D eigenvalue weighted by Crippen LogP contribution is -2.11. The Bertz CT molecular complexity index is 4710. The van der Waals surface area contributed by atoms with Gasteiger partial charge in [-0.15, -0.1) is 22.7 Å². The maximum atomic E-state index is 5.89. The highest BCUT2D eigenvalue weighted by Crippen LogP contribution is 2.42. The standard InChI is InChI=1S/3C16H16O.2C16H16S/c1-16(2,3)12-8-6-10-14-15(12)11-7-4-5-9-13(11)17-14;1-16(2,3)11-8-9-15-13(10-11)12-6-4-5-7-14(12)17-15;1-16(2,3)11-8-9-13-12-6-4-5-7-14(12)17-15(13)10-11;1-16(2,3)13-9-6-8-12-11-7-4-5-10-14(11)17-15(12)13;1-16(2,3)11-8-9-13-12-6-4-5-7-14(12)17-15(13)10-11/h5*4-10H,1-3H3. The molecule has 0 N–H and O–H groups in total. The molecule has 0 fully saturated rings. The molecule has 0 bridgehead atoms. The molecule has 0 atom stereocenters. The summed E-state index contributed by atoms with van der Waals surface area (Å²) in [6.45, 7) is 33.7. The molecule has 15 aromatic rings. The molecule has 0 saturated heterocycles. The molecular formula is C80H80O3S2. The summed E-state index contributed by atoms with van der Waals surface area (Å²) >= 11 is 3.81. The summed E-state index contributed by atoms with van der Waals surface area (Å²) in [6.07, 6.45) is 0. The number of thiophene rings is 2. The number of para-hydroxylation sites is 3. The molecule has 0 spiro atoms. The van der Waals surface area contributed by atoms with Crippen LogP contribution >= 0.6 is 22.7 Å². The summed E-state index contributed by atoms with van der Waals surface area (Å²) in [5.74, 6) is 0. The Morgan fingerprint density at radius 1 is 0.235 bits per heavy atom. The van der Waals surface area contributed by atoms with Crippen LogP contribution in [-0.2, 0) is 27.1 Å². The monoisotopic (exact) mass is 1150 g/mol. The first-order valence-electron chi connectivity index (χ1n) is 29.9. The minimum atomic E-state index is 0.131. The van der Waals surface area contributed by atoms with Gasteiger partial charge < -0.3 is 13.3 Å². The summed E-state index contributed by atoms with van der Waals surface area (Å²) in [6, 6.07) is 74.9. The number of hydrogen-bond donors (Lipinski definition) is 0. The number of fused-ring (bicyclic) bond motifs is 15. The van der Waals surface area contributed by atoms with E-state index in [-0.39, 0.29) is 27.1 Å². The second-order valence-corrected chi connectivity index (χ2v) is 29.9. The van der Waals surface area contributed by atoms with E-state index in [0.29, 0.717) is 0 Å². The highest BCUT2D eigenvalue weighted by molar-refractivity contribution is 7.26.